The van der Waals surface area contributed by atoms with E-state index in [0.29, 0.717) is 19.8 Å². The van der Waals surface area contributed by atoms with Gasteiger partial charge in [-0.15, -0.1) is 0 Å². The molecule has 0 aliphatic carbocycles. The van der Waals surface area contributed by atoms with E-state index in [4.69, 9.17) is 9.47 Å². The van der Waals surface area contributed by atoms with Crippen molar-refractivity contribution in [2.75, 3.05) is 32.2 Å². The summed E-state index contributed by atoms with van der Waals surface area (Å²) in [6, 6.07) is 4.70. The second-order valence-corrected chi connectivity index (χ2v) is 3.29. The number of nitro groups is 1. The Labute approximate surface area is 99.7 Å². The molecule has 94 valence electrons. The summed E-state index contributed by atoms with van der Waals surface area (Å²) in [4.78, 5) is 10.3. The molecule has 0 radical (unpaired) electrons. The van der Waals surface area contributed by atoms with Crippen LogP contribution in [0.2, 0.25) is 0 Å². The summed E-state index contributed by atoms with van der Waals surface area (Å²) < 4.78 is 10.1. The van der Waals surface area contributed by atoms with Crippen LogP contribution in [0.3, 0.4) is 0 Å². The average Bonchev–Trinajstić information content (AvgIpc) is 2.30. The van der Waals surface area contributed by atoms with E-state index in [2.05, 4.69) is 5.32 Å². The van der Waals surface area contributed by atoms with Crippen molar-refractivity contribution in [3.8, 4) is 5.75 Å². The Morgan fingerprint density at radius 1 is 1.47 bits per heavy atom. The third-order valence-corrected chi connectivity index (χ3v) is 2.09. The summed E-state index contributed by atoms with van der Waals surface area (Å²) in [5.41, 5.74) is 0.750. The number of hydrogen-bond acceptors (Lipinski definition) is 5. The number of rotatable bonds is 7. The molecule has 0 saturated heterocycles. The Hall–Kier alpha value is -1.82. The zero-order valence-corrected chi connectivity index (χ0v) is 9.93. The Morgan fingerprint density at radius 2 is 2.24 bits per heavy atom. The van der Waals surface area contributed by atoms with Crippen LogP contribution in [0.4, 0.5) is 11.4 Å². The lowest BCUT2D eigenvalue weighted by Crippen LogP contribution is -2.08. The molecular formula is C11H16N2O4. The van der Waals surface area contributed by atoms with E-state index in [9.17, 15) is 10.1 Å². The molecule has 6 heteroatoms. The van der Waals surface area contributed by atoms with Gasteiger partial charge in [0, 0.05) is 31.5 Å². The van der Waals surface area contributed by atoms with E-state index in [-0.39, 0.29) is 11.4 Å². The highest BCUT2D eigenvalue weighted by Gasteiger charge is 2.14. The first-order valence-electron chi connectivity index (χ1n) is 5.33. The van der Waals surface area contributed by atoms with Crippen molar-refractivity contribution in [3.05, 3.63) is 28.3 Å². The summed E-state index contributed by atoms with van der Waals surface area (Å²) in [5, 5.41) is 13.8. The van der Waals surface area contributed by atoms with Crippen molar-refractivity contribution in [1.29, 1.82) is 0 Å². The number of nitrogens with zero attached hydrogens (tertiary/aromatic N) is 1. The lowest BCUT2D eigenvalue weighted by molar-refractivity contribution is -0.385. The van der Waals surface area contributed by atoms with Gasteiger partial charge >= 0.3 is 5.69 Å². The number of nitro benzene ring substituents is 1. The molecule has 0 unspecified atom stereocenters. The van der Waals surface area contributed by atoms with Crippen LogP contribution in [0.25, 0.3) is 0 Å². The highest BCUT2D eigenvalue weighted by molar-refractivity contribution is 5.57. The summed E-state index contributed by atoms with van der Waals surface area (Å²) in [6.07, 6.45) is 0. The van der Waals surface area contributed by atoms with Crippen molar-refractivity contribution < 1.29 is 14.4 Å². The molecule has 1 rings (SSSR count). The van der Waals surface area contributed by atoms with Crippen LogP contribution in [0, 0.1) is 10.1 Å². The van der Waals surface area contributed by atoms with Gasteiger partial charge in [0.15, 0.2) is 5.75 Å². The molecule has 0 aromatic heterocycles. The van der Waals surface area contributed by atoms with E-state index >= 15 is 0 Å². The first kappa shape index (κ1) is 13.2. The van der Waals surface area contributed by atoms with Crippen LogP contribution in [0.1, 0.15) is 6.92 Å². The maximum absolute atomic E-state index is 10.8. The van der Waals surface area contributed by atoms with E-state index < -0.39 is 4.92 Å². The van der Waals surface area contributed by atoms with E-state index in [0.717, 1.165) is 5.69 Å². The topological polar surface area (TPSA) is 73.6 Å². The Kier molecular flexibility index (Phi) is 5.22. The molecule has 0 heterocycles. The van der Waals surface area contributed by atoms with Crippen LogP contribution in [-0.4, -0.2) is 31.8 Å². The number of anilines is 1. The van der Waals surface area contributed by atoms with Gasteiger partial charge in [-0.2, -0.15) is 0 Å². The molecule has 0 aliphatic heterocycles. The summed E-state index contributed by atoms with van der Waals surface area (Å²) in [7, 11) is 1.61. The molecule has 0 atom stereocenters. The molecular weight excluding hydrogens is 224 g/mol. The smallest absolute Gasteiger partial charge is 0.311 e. The average molecular weight is 240 g/mol. The molecule has 0 amide bonds. The minimum Gasteiger partial charge on any atom is -0.487 e. The standard InChI is InChI=1S/C11H16N2O4/c1-3-17-11-8-9(12-6-7-16-2)4-5-10(11)13(14)15/h4-5,8,12H,3,6-7H2,1-2H3. The van der Waals surface area contributed by atoms with E-state index in [1.807, 2.05) is 0 Å². The Bertz CT molecular complexity index is 382. The number of ether oxygens (including phenoxy) is 2. The minimum atomic E-state index is -0.454. The number of benzene rings is 1. The number of hydrogen-bond donors (Lipinski definition) is 1. The SMILES string of the molecule is CCOc1cc(NCCOC)ccc1[N+](=O)[O-]. The zero-order chi connectivity index (χ0) is 12.7. The second kappa shape index (κ2) is 6.70. The second-order valence-electron chi connectivity index (χ2n) is 3.29. The Morgan fingerprint density at radius 3 is 2.82 bits per heavy atom. The lowest BCUT2D eigenvalue weighted by Gasteiger charge is -2.08. The van der Waals surface area contributed by atoms with Crippen molar-refractivity contribution in [1.82, 2.24) is 0 Å². The van der Waals surface area contributed by atoms with Crippen LogP contribution < -0.4 is 10.1 Å². The van der Waals surface area contributed by atoms with Crippen LogP contribution in [0.5, 0.6) is 5.75 Å². The molecule has 0 spiro atoms. The third kappa shape index (κ3) is 3.92. The summed E-state index contributed by atoms with van der Waals surface area (Å²) in [5.74, 6) is 0.278. The minimum absolute atomic E-state index is 0.0239. The molecule has 1 N–H and O–H groups in total. The monoisotopic (exact) mass is 240 g/mol. The highest BCUT2D eigenvalue weighted by Crippen LogP contribution is 2.29. The molecule has 0 saturated carbocycles. The predicted molar refractivity (Wildman–Crippen MR) is 64.6 cm³/mol. The molecule has 0 fully saturated rings. The maximum Gasteiger partial charge on any atom is 0.311 e. The molecule has 0 aliphatic rings. The van der Waals surface area contributed by atoms with Gasteiger partial charge < -0.3 is 14.8 Å². The van der Waals surface area contributed by atoms with Crippen LogP contribution in [0.15, 0.2) is 18.2 Å². The fraction of sp³-hybridized carbons (Fsp3) is 0.455. The van der Waals surface area contributed by atoms with E-state index in [1.165, 1.54) is 6.07 Å². The van der Waals surface area contributed by atoms with Gasteiger partial charge in [-0.1, -0.05) is 0 Å². The molecule has 6 nitrogen and oxygen atoms in total. The molecule has 17 heavy (non-hydrogen) atoms. The third-order valence-electron chi connectivity index (χ3n) is 2.09. The fourth-order valence-electron chi connectivity index (χ4n) is 1.34. The van der Waals surface area contributed by atoms with Gasteiger partial charge in [0.2, 0.25) is 0 Å². The van der Waals surface area contributed by atoms with E-state index in [1.54, 1.807) is 26.2 Å². The summed E-state index contributed by atoms with van der Waals surface area (Å²) in [6.45, 7) is 3.39. The van der Waals surface area contributed by atoms with Crippen molar-refractivity contribution >= 4 is 11.4 Å². The maximum atomic E-state index is 10.8. The molecule has 1 aromatic rings. The first-order valence-corrected chi connectivity index (χ1v) is 5.33. The Balaban J connectivity index is 2.81. The predicted octanol–water partition coefficient (Wildman–Crippen LogP) is 2.05. The van der Waals surface area contributed by atoms with Gasteiger partial charge in [0.05, 0.1) is 18.1 Å². The highest BCUT2D eigenvalue weighted by atomic mass is 16.6. The lowest BCUT2D eigenvalue weighted by atomic mass is 10.2. The van der Waals surface area contributed by atoms with Crippen molar-refractivity contribution in [2.45, 2.75) is 6.92 Å². The van der Waals surface area contributed by atoms with Gasteiger partial charge in [-0.05, 0) is 13.0 Å². The van der Waals surface area contributed by atoms with Crippen molar-refractivity contribution in [3.63, 3.8) is 0 Å². The van der Waals surface area contributed by atoms with Crippen LogP contribution >= 0.6 is 0 Å². The number of nitrogens with one attached hydrogen (secondary N) is 1. The van der Waals surface area contributed by atoms with Crippen molar-refractivity contribution in [2.24, 2.45) is 0 Å². The van der Waals surface area contributed by atoms with Gasteiger partial charge in [-0.25, -0.2) is 0 Å². The molecule has 1 aromatic carbocycles. The first-order chi connectivity index (χ1) is 8.19. The molecule has 0 bridgehead atoms. The normalized spacial score (nSPS) is 10.0. The van der Waals surface area contributed by atoms with Gasteiger partial charge in [-0.3, -0.25) is 10.1 Å². The largest absolute Gasteiger partial charge is 0.487 e. The summed E-state index contributed by atoms with van der Waals surface area (Å²) >= 11 is 0. The number of methoxy groups -OCH3 is 1. The van der Waals surface area contributed by atoms with Gasteiger partial charge in [0.25, 0.3) is 0 Å². The quantitative estimate of drug-likeness (QED) is 0.448. The van der Waals surface area contributed by atoms with Gasteiger partial charge in [0.1, 0.15) is 0 Å². The van der Waals surface area contributed by atoms with Crippen LogP contribution in [-0.2, 0) is 4.74 Å². The zero-order valence-electron chi connectivity index (χ0n) is 9.93. The fourth-order valence-corrected chi connectivity index (χ4v) is 1.34.